The lowest BCUT2D eigenvalue weighted by atomic mass is 10.2. The number of ether oxygens (including phenoxy) is 1. The van der Waals surface area contributed by atoms with Crippen molar-refractivity contribution in [2.45, 2.75) is 25.5 Å². The van der Waals surface area contributed by atoms with E-state index < -0.39 is 0 Å². The standard InChI is InChI=1S/C18H20N2O2.ClH/c21-18(17-7-4-12-19-17)20-15-8-10-16(11-9-15)22-13-14-5-2-1-3-6-14;/h1-3,5-6,8-11,17,19H,4,7,12-13H2,(H,20,21);1H. The maximum atomic E-state index is 12.0. The van der Waals surface area contributed by atoms with Crippen LogP contribution >= 0.6 is 12.4 Å². The van der Waals surface area contributed by atoms with Gasteiger partial charge in [-0.2, -0.15) is 0 Å². The molecule has 1 aliphatic rings. The lowest BCUT2D eigenvalue weighted by molar-refractivity contribution is -0.117. The molecule has 23 heavy (non-hydrogen) atoms. The summed E-state index contributed by atoms with van der Waals surface area (Å²) in [5.41, 5.74) is 1.93. The van der Waals surface area contributed by atoms with Gasteiger partial charge in [0, 0.05) is 5.69 Å². The zero-order chi connectivity index (χ0) is 15.2. The first-order chi connectivity index (χ1) is 10.8. The molecule has 1 heterocycles. The number of carbonyl (C=O) groups excluding carboxylic acids is 1. The van der Waals surface area contributed by atoms with Gasteiger partial charge in [0.1, 0.15) is 12.4 Å². The average Bonchev–Trinajstić information content (AvgIpc) is 3.10. The fourth-order valence-corrected chi connectivity index (χ4v) is 2.51. The molecule has 3 rings (SSSR count). The minimum Gasteiger partial charge on any atom is -0.489 e. The lowest BCUT2D eigenvalue weighted by Crippen LogP contribution is -2.35. The molecule has 1 unspecified atom stereocenters. The predicted octanol–water partition coefficient (Wildman–Crippen LogP) is 3.38. The molecule has 1 saturated heterocycles. The zero-order valence-corrected chi connectivity index (χ0v) is 13.6. The van der Waals surface area contributed by atoms with Crippen LogP contribution in [0.1, 0.15) is 18.4 Å². The van der Waals surface area contributed by atoms with Crippen molar-refractivity contribution in [3.8, 4) is 5.75 Å². The highest BCUT2D eigenvalue weighted by molar-refractivity contribution is 5.95. The van der Waals surface area contributed by atoms with Gasteiger partial charge in [0.25, 0.3) is 0 Å². The number of halogens is 1. The molecule has 2 aromatic rings. The Kier molecular flexibility index (Phi) is 6.44. The topological polar surface area (TPSA) is 50.4 Å². The van der Waals surface area contributed by atoms with E-state index >= 15 is 0 Å². The van der Waals surface area contributed by atoms with Crippen molar-refractivity contribution in [3.63, 3.8) is 0 Å². The van der Waals surface area contributed by atoms with Gasteiger partial charge < -0.3 is 15.4 Å². The van der Waals surface area contributed by atoms with E-state index in [9.17, 15) is 4.79 Å². The zero-order valence-electron chi connectivity index (χ0n) is 12.8. The molecule has 122 valence electrons. The van der Waals surface area contributed by atoms with Crippen LogP contribution in [0.2, 0.25) is 0 Å². The fraction of sp³-hybridized carbons (Fsp3) is 0.278. The molecule has 2 aromatic carbocycles. The van der Waals surface area contributed by atoms with E-state index in [1.165, 1.54) is 0 Å². The number of hydrogen-bond donors (Lipinski definition) is 2. The minimum atomic E-state index is -0.0611. The van der Waals surface area contributed by atoms with Crippen molar-refractivity contribution < 1.29 is 9.53 Å². The first kappa shape index (κ1) is 17.3. The van der Waals surface area contributed by atoms with Crippen molar-refractivity contribution in [1.29, 1.82) is 0 Å². The monoisotopic (exact) mass is 332 g/mol. The molecule has 4 nitrogen and oxygen atoms in total. The highest BCUT2D eigenvalue weighted by Crippen LogP contribution is 2.18. The van der Waals surface area contributed by atoms with Crippen LogP contribution < -0.4 is 15.4 Å². The van der Waals surface area contributed by atoms with Crippen LogP contribution in [0.4, 0.5) is 5.69 Å². The summed E-state index contributed by atoms with van der Waals surface area (Å²) in [4.78, 5) is 12.0. The van der Waals surface area contributed by atoms with Crippen molar-refractivity contribution in [2.75, 3.05) is 11.9 Å². The van der Waals surface area contributed by atoms with Crippen LogP contribution in [-0.4, -0.2) is 18.5 Å². The fourth-order valence-electron chi connectivity index (χ4n) is 2.51. The molecule has 5 heteroatoms. The molecule has 1 atom stereocenters. The molecular weight excluding hydrogens is 312 g/mol. The third-order valence-electron chi connectivity index (χ3n) is 3.75. The number of amides is 1. The summed E-state index contributed by atoms with van der Waals surface area (Å²) in [6, 6.07) is 17.5. The van der Waals surface area contributed by atoms with Crippen molar-refractivity contribution in [2.24, 2.45) is 0 Å². The summed E-state index contributed by atoms with van der Waals surface area (Å²) in [5.74, 6) is 0.830. The highest BCUT2D eigenvalue weighted by Gasteiger charge is 2.21. The molecule has 1 fully saturated rings. The molecule has 0 radical (unpaired) electrons. The highest BCUT2D eigenvalue weighted by atomic mass is 35.5. The van der Waals surface area contributed by atoms with Crippen molar-refractivity contribution in [3.05, 3.63) is 60.2 Å². The Balaban J connectivity index is 0.00000192. The Labute approximate surface area is 142 Å². The van der Waals surface area contributed by atoms with Crippen LogP contribution in [-0.2, 0) is 11.4 Å². The Morgan fingerprint density at radius 1 is 1.13 bits per heavy atom. The molecule has 2 N–H and O–H groups in total. The van der Waals surface area contributed by atoms with E-state index in [1.54, 1.807) is 0 Å². The molecule has 0 aliphatic carbocycles. The van der Waals surface area contributed by atoms with Gasteiger partial charge in [0.2, 0.25) is 5.91 Å². The van der Waals surface area contributed by atoms with E-state index in [2.05, 4.69) is 10.6 Å². The third kappa shape index (κ3) is 4.98. The Bertz CT molecular complexity index is 611. The van der Waals surface area contributed by atoms with E-state index in [0.29, 0.717) is 6.61 Å². The lowest BCUT2D eigenvalue weighted by Gasteiger charge is -2.12. The number of nitrogens with one attached hydrogen (secondary N) is 2. The molecule has 0 spiro atoms. The number of rotatable bonds is 5. The van der Waals surface area contributed by atoms with Crippen LogP contribution in [0.15, 0.2) is 54.6 Å². The smallest absolute Gasteiger partial charge is 0.241 e. The first-order valence-electron chi connectivity index (χ1n) is 7.62. The molecular formula is C18H21ClN2O2. The van der Waals surface area contributed by atoms with E-state index in [0.717, 1.165) is 36.4 Å². The number of hydrogen-bond acceptors (Lipinski definition) is 3. The average molecular weight is 333 g/mol. The van der Waals surface area contributed by atoms with Gasteiger partial charge in [-0.15, -0.1) is 12.4 Å². The number of carbonyl (C=O) groups is 1. The largest absolute Gasteiger partial charge is 0.489 e. The van der Waals surface area contributed by atoms with Gasteiger partial charge in [0.05, 0.1) is 6.04 Å². The summed E-state index contributed by atoms with van der Waals surface area (Å²) < 4.78 is 5.73. The summed E-state index contributed by atoms with van der Waals surface area (Å²) in [6.45, 7) is 1.46. The van der Waals surface area contributed by atoms with Crippen LogP contribution in [0, 0.1) is 0 Å². The molecule has 0 aromatic heterocycles. The van der Waals surface area contributed by atoms with Crippen LogP contribution in [0.5, 0.6) is 5.75 Å². The normalized spacial score (nSPS) is 16.4. The maximum Gasteiger partial charge on any atom is 0.241 e. The number of benzene rings is 2. The second-order valence-corrected chi connectivity index (χ2v) is 5.44. The van der Waals surface area contributed by atoms with Crippen molar-refractivity contribution >= 4 is 24.0 Å². The Morgan fingerprint density at radius 3 is 2.52 bits per heavy atom. The van der Waals surface area contributed by atoms with Gasteiger partial charge in [-0.25, -0.2) is 0 Å². The Morgan fingerprint density at radius 2 is 1.87 bits per heavy atom. The van der Waals surface area contributed by atoms with Gasteiger partial charge in [-0.3, -0.25) is 4.79 Å². The third-order valence-corrected chi connectivity index (χ3v) is 3.75. The maximum absolute atomic E-state index is 12.0. The minimum absolute atomic E-state index is 0. The van der Waals surface area contributed by atoms with Crippen LogP contribution in [0.3, 0.4) is 0 Å². The summed E-state index contributed by atoms with van der Waals surface area (Å²) in [7, 11) is 0. The van der Waals surface area contributed by atoms with Gasteiger partial charge in [-0.1, -0.05) is 30.3 Å². The molecule has 1 aliphatic heterocycles. The molecule has 0 saturated carbocycles. The second-order valence-electron chi connectivity index (χ2n) is 5.44. The van der Waals surface area contributed by atoms with E-state index in [4.69, 9.17) is 4.74 Å². The predicted molar refractivity (Wildman–Crippen MR) is 94.1 cm³/mol. The summed E-state index contributed by atoms with van der Waals surface area (Å²) in [6.07, 6.45) is 1.97. The molecule has 1 amide bonds. The van der Waals surface area contributed by atoms with Gasteiger partial charge >= 0.3 is 0 Å². The van der Waals surface area contributed by atoms with E-state index in [1.807, 2.05) is 54.6 Å². The Hall–Kier alpha value is -2.04. The second kappa shape index (κ2) is 8.56. The quantitative estimate of drug-likeness (QED) is 0.882. The summed E-state index contributed by atoms with van der Waals surface area (Å²) >= 11 is 0. The van der Waals surface area contributed by atoms with Gasteiger partial charge in [-0.05, 0) is 49.2 Å². The van der Waals surface area contributed by atoms with Gasteiger partial charge in [0.15, 0.2) is 0 Å². The summed E-state index contributed by atoms with van der Waals surface area (Å²) in [5, 5.41) is 6.12. The SMILES string of the molecule is Cl.O=C(Nc1ccc(OCc2ccccc2)cc1)C1CCCN1. The van der Waals surface area contributed by atoms with Crippen LogP contribution in [0.25, 0.3) is 0 Å². The van der Waals surface area contributed by atoms with Crippen molar-refractivity contribution in [1.82, 2.24) is 5.32 Å². The number of anilines is 1. The van der Waals surface area contributed by atoms with E-state index in [-0.39, 0.29) is 24.4 Å². The first-order valence-corrected chi connectivity index (χ1v) is 7.62. The molecule has 0 bridgehead atoms.